The summed E-state index contributed by atoms with van der Waals surface area (Å²) in [5.41, 5.74) is 10.9. The minimum absolute atomic E-state index is 0.693. The van der Waals surface area contributed by atoms with Crippen LogP contribution in [0.4, 0.5) is 5.82 Å². The van der Waals surface area contributed by atoms with E-state index in [0.717, 1.165) is 23.0 Å². The maximum absolute atomic E-state index is 6.04. The first-order valence-electron chi connectivity index (χ1n) is 6.30. The van der Waals surface area contributed by atoms with E-state index in [2.05, 4.69) is 46.2 Å². The topological polar surface area (TPSA) is 43.8 Å². The summed E-state index contributed by atoms with van der Waals surface area (Å²) in [6, 6.07) is 6.23. The molecule has 0 saturated heterocycles. The number of rotatable bonds is 1. The molecule has 4 heteroatoms. The Labute approximate surface area is 115 Å². The first-order chi connectivity index (χ1) is 8.68. The Morgan fingerprint density at radius 3 is 2.89 bits per heavy atom. The molecule has 2 aromatic rings. The average molecular weight is 306 g/mol. The molecule has 2 N–H and O–H groups in total. The van der Waals surface area contributed by atoms with Crippen molar-refractivity contribution in [1.29, 1.82) is 0 Å². The number of aromatic nitrogens is 2. The van der Waals surface area contributed by atoms with E-state index in [9.17, 15) is 0 Å². The van der Waals surface area contributed by atoms with Crippen LogP contribution in [0.3, 0.4) is 0 Å². The second-order valence-electron chi connectivity index (χ2n) is 4.84. The molecule has 0 aliphatic heterocycles. The molecule has 0 amide bonds. The SMILES string of the molecule is Cc1cccc(-n2nc(N)c3c2CCCC3)c1Br. The van der Waals surface area contributed by atoms with Gasteiger partial charge in [0.05, 0.1) is 5.69 Å². The van der Waals surface area contributed by atoms with Crippen molar-refractivity contribution in [3.05, 3.63) is 39.5 Å². The summed E-state index contributed by atoms with van der Waals surface area (Å²) in [6.07, 6.45) is 4.57. The van der Waals surface area contributed by atoms with Crippen molar-refractivity contribution in [3.63, 3.8) is 0 Å². The Morgan fingerprint density at radius 1 is 1.28 bits per heavy atom. The lowest BCUT2D eigenvalue weighted by Gasteiger charge is -2.15. The van der Waals surface area contributed by atoms with Crippen LogP contribution >= 0.6 is 15.9 Å². The molecule has 1 heterocycles. The fourth-order valence-corrected chi connectivity index (χ4v) is 3.05. The van der Waals surface area contributed by atoms with E-state index < -0.39 is 0 Å². The maximum Gasteiger partial charge on any atom is 0.149 e. The van der Waals surface area contributed by atoms with Crippen LogP contribution in [0.25, 0.3) is 5.69 Å². The fraction of sp³-hybridized carbons (Fsp3) is 0.357. The predicted octanol–water partition coefficient (Wildman–Crippen LogP) is 3.40. The highest BCUT2D eigenvalue weighted by molar-refractivity contribution is 9.10. The second kappa shape index (κ2) is 4.43. The average Bonchev–Trinajstić information content (AvgIpc) is 2.71. The van der Waals surface area contributed by atoms with Gasteiger partial charge in [0.15, 0.2) is 0 Å². The van der Waals surface area contributed by atoms with Crippen LogP contribution in [0.15, 0.2) is 22.7 Å². The number of hydrogen-bond acceptors (Lipinski definition) is 2. The van der Waals surface area contributed by atoms with Crippen molar-refractivity contribution in [1.82, 2.24) is 9.78 Å². The van der Waals surface area contributed by atoms with Gasteiger partial charge in [-0.15, -0.1) is 0 Å². The van der Waals surface area contributed by atoms with Crippen molar-refractivity contribution >= 4 is 21.7 Å². The van der Waals surface area contributed by atoms with Gasteiger partial charge in [0.1, 0.15) is 5.82 Å². The molecule has 0 atom stereocenters. The largest absolute Gasteiger partial charge is 0.382 e. The molecule has 1 aliphatic carbocycles. The lowest BCUT2D eigenvalue weighted by atomic mass is 9.97. The molecule has 94 valence electrons. The van der Waals surface area contributed by atoms with Crippen molar-refractivity contribution < 1.29 is 0 Å². The van der Waals surface area contributed by atoms with Crippen LogP contribution in [0, 0.1) is 6.92 Å². The van der Waals surface area contributed by atoms with Crippen LogP contribution in [0.5, 0.6) is 0 Å². The zero-order valence-electron chi connectivity index (χ0n) is 10.4. The molecule has 0 unspecified atom stereocenters. The Hall–Kier alpha value is -1.29. The summed E-state index contributed by atoms with van der Waals surface area (Å²) in [7, 11) is 0. The number of anilines is 1. The number of hydrogen-bond donors (Lipinski definition) is 1. The third kappa shape index (κ3) is 1.75. The van der Waals surface area contributed by atoms with E-state index in [1.165, 1.54) is 29.7 Å². The van der Waals surface area contributed by atoms with E-state index in [1.807, 2.05) is 4.68 Å². The number of benzene rings is 1. The van der Waals surface area contributed by atoms with Crippen molar-refractivity contribution in [2.45, 2.75) is 32.6 Å². The van der Waals surface area contributed by atoms with E-state index in [-0.39, 0.29) is 0 Å². The number of aryl methyl sites for hydroxylation is 1. The normalized spacial score (nSPS) is 14.6. The van der Waals surface area contributed by atoms with E-state index in [1.54, 1.807) is 0 Å². The van der Waals surface area contributed by atoms with Gasteiger partial charge in [0.25, 0.3) is 0 Å². The molecule has 0 bridgehead atoms. The van der Waals surface area contributed by atoms with Crippen molar-refractivity contribution in [3.8, 4) is 5.69 Å². The summed E-state index contributed by atoms with van der Waals surface area (Å²) < 4.78 is 3.11. The Bertz CT molecular complexity index is 601. The van der Waals surface area contributed by atoms with Crippen LogP contribution in [-0.2, 0) is 12.8 Å². The number of nitrogens with two attached hydrogens (primary N) is 1. The second-order valence-corrected chi connectivity index (χ2v) is 5.63. The number of halogens is 1. The first kappa shape index (κ1) is 11.8. The van der Waals surface area contributed by atoms with Gasteiger partial charge in [-0.05, 0) is 60.2 Å². The van der Waals surface area contributed by atoms with Gasteiger partial charge in [-0.3, -0.25) is 0 Å². The summed E-state index contributed by atoms with van der Waals surface area (Å²) in [6.45, 7) is 2.09. The molecule has 3 rings (SSSR count). The highest BCUT2D eigenvalue weighted by Gasteiger charge is 2.21. The molecular formula is C14H16BrN3. The molecular weight excluding hydrogens is 290 g/mol. The number of nitrogen functional groups attached to an aromatic ring is 1. The lowest BCUT2D eigenvalue weighted by Crippen LogP contribution is -2.08. The van der Waals surface area contributed by atoms with Crippen molar-refractivity contribution in [2.24, 2.45) is 0 Å². The standard InChI is InChI=1S/C14H16BrN3/c1-9-5-4-8-12(13(9)15)18-11-7-3-2-6-10(11)14(16)17-18/h4-5,8H,2-3,6-7H2,1H3,(H2,16,17). The zero-order chi connectivity index (χ0) is 12.7. The highest BCUT2D eigenvalue weighted by atomic mass is 79.9. The third-order valence-electron chi connectivity index (χ3n) is 3.61. The number of nitrogens with zero attached hydrogens (tertiary/aromatic N) is 2. The Morgan fingerprint density at radius 2 is 2.06 bits per heavy atom. The zero-order valence-corrected chi connectivity index (χ0v) is 12.0. The summed E-state index contributed by atoms with van der Waals surface area (Å²) in [4.78, 5) is 0. The smallest absolute Gasteiger partial charge is 0.149 e. The minimum Gasteiger partial charge on any atom is -0.382 e. The van der Waals surface area contributed by atoms with E-state index >= 15 is 0 Å². The molecule has 1 aliphatic rings. The molecule has 0 saturated carbocycles. The Kier molecular flexibility index (Phi) is 2.90. The molecule has 1 aromatic heterocycles. The molecule has 3 nitrogen and oxygen atoms in total. The minimum atomic E-state index is 0.693. The van der Waals surface area contributed by atoms with E-state index in [0.29, 0.717) is 5.82 Å². The van der Waals surface area contributed by atoms with Crippen LogP contribution in [-0.4, -0.2) is 9.78 Å². The van der Waals surface area contributed by atoms with E-state index in [4.69, 9.17) is 5.73 Å². The molecule has 18 heavy (non-hydrogen) atoms. The summed E-state index contributed by atoms with van der Waals surface area (Å²) >= 11 is 3.65. The van der Waals surface area contributed by atoms with Crippen LogP contribution < -0.4 is 5.73 Å². The Balaban J connectivity index is 2.20. The highest BCUT2D eigenvalue weighted by Crippen LogP contribution is 2.31. The fourth-order valence-electron chi connectivity index (χ4n) is 2.62. The predicted molar refractivity (Wildman–Crippen MR) is 77.1 cm³/mol. The molecule has 0 spiro atoms. The van der Waals surface area contributed by atoms with Gasteiger partial charge < -0.3 is 5.73 Å². The lowest BCUT2D eigenvalue weighted by molar-refractivity contribution is 0.652. The van der Waals surface area contributed by atoms with Gasteiger partial charge >= 0.3 is 0 Å². The van der Waals surface area contributed by atoms with Gasteiger partial charge in [-0.25, -0.2) is 4.68 Å². The van der Waals surface area contributed by atoms with Crippen LogP contribution in [0.2, 0.25) is 0 Å². The first-order valence-corrected chi connectivity index (χ1v) is 7.09. The maximum atomic E-state index is 6.04. The number of fused-ring (bicyclic) bond motifs is 1. The van der Waals surface area contributed by atoms with Gasteiger partial charge in [-0.1, -0.05) is 12.1 Å². The summed E-state index contributed by atoms with van der Waals surface area (Å²) in [5, 5.41) is 4.53. The van der Waals surface area contributed by atoms with Gasteiger partial charge in [0, 0.05) is 15.7 Å². The van der Waals surface area contributed by atoms with Crippen LogP contribution in [0.1, 0.15) is 29.7 Å². The van der Waals surface area contributed by atoms with Crippen molar-refractivity contribution in [2.75, 3.05) is 5.73 Å². The molecule has 0 radical (unpaired) electrons. The van der Waals surface area contributed by atoms with Gasteiger partial charge in [0.2, 0.25) is 0 Å². The summed E-state index contributed by atoms with van der Waals surface area (Å²) in [5.74, 6) is 0.693. The van der Waals surface area contributed by atoms with Gasteiger partial charge in [-0.2, -0.15) is 5.10 Å². The molecule has 0 fully saturated rings. The third-order valence-corrected chi connectivity index (χ3v) is 4.64. The quantitative estimate of drug-likeness (QED) is 0.877. The monoisotopic (exact) mass is 305 g/mol. The molecule has 1 aromatic carbocycles.